The van der Waals surface area contributed by atoms with Crippen LogP contribution in [-0.4, -0.2) is 47.5 Å². The third-order valence-electron chi connectivity index (χ3n) is 2.31. The topological polar surface area (TPSA) is 109 Å². The first-order valence-corrected chi connectivity index (χ1v) is 5.81. The van der Waals surface area contributed by atoms with Crippen molar-refractivity contribution in [2.75, 3.05) is 42.2 Å². The lowest BCUT2D eigenvalue weighted by molar-refractivity contribution is -0.116. The normalized spacial score (nSPS) is 9.94. The first kappa shape index (κ1) is 13.9. The zero-order chi connectivity index (χ0) is 13.5. The Morgan fingerprint density at radius 3 is 2.33 bits per heavy atom. The maximum atomic E-state index is 10.7. The van der Waals surface area contributed by atoms with Crippen molar-refractivity contribution < 1.29 is 4.79 Å². The summed E-state index contributed by atoms with van der Waals surface area (Å²) in [6.07, 6.45) is 0. The first-order valence-electron chi connectivity index (χ1n) is 5.81. The van der Waals surface area contributed by atoms with E-state index < -0.39 is 5.91 Å². The Morgan fingerprint density at radius 1 is 1.22 bits per heavy atom. The van der Waals surface area contributed by atoms with Crippen LogP contribution in [0.1, 0.15) is 13.8 Å². The molecule has 4 N–H and O–H groups in total. The summed E-state index contributed by atoms with van der Waals surface area (Å²) in [7, 11) is 1.72. The fraction of sp³-hybridized carbons (Fsp3) is 0.600. The number of primary amides is 1. The molecule has 0 aliphatic rings. The Balaban J connectivity index is 2.96. The van der Waals surface area contributed by atoms with Crippen molar-refractivity contribution in [3.05, 3.63) is 0 Å². The van der Waals surface area contributed by atoms with E-state index in [9.17, 15) is 4.79 Å². The maximum absolute atomic E-state index is 10.7. The summed E-state index contributed by atoms with van der Waals surface area (Å²) in [5.74, 6) is 0.867. The van der Waals surface area contributed by atoms with Crippen molar-refractivity contribution >= 4 is 23.8 Å². The number of aromatic nitrogens is 3. The summed E-state index contributed by atoms with van der Waals surface area (Å²) in [6.45, 7) is 5.61. The summed E-state index contributed by atoms with van der Waals surface area (Å²) < 4.78 is 0. The number of hydrogen-bond donors (Lipinski definition) is 3. The molecule has 0 atom stereocenters. The highest BCUT2D eigenvalue weighted by molar-refractivity contribution is 5.78. The van der Waals surface area contributed by atoms with Crippen LogP contribution in [0.2, 0.25) is 0 Å². The summed E-state index contributed by atoms with van der Waals surface area (Å²) in [5, 5.41) is 5.61. The SMILES string of the molecule is CCN(CC)c1nc(NC)nc(NCC(N)=O)n1. The molecular formula is C10H19N7O. The van der Waals surface area contributed by atoms with E-state index in [1.54, 1.807) is 7.05 Å². The summed E-state index contributed by atoms with van der Waals surface area (Å²) in [5.41, 5.74) is 5.06. The van der Waals surface area contributed by atoms with Gasteiger partial charge in [0.15, 0.2) is 0 Å². The lowest BCUT2D eigenvalue weighted by Crippen LogP contribution is -2.27. The Labute approximate surface area is 106 Å². The Morgan fingerprint density at radius 2 is 1.83 bits per heavy atom. The van der Waals surface area contributed by atoms with Crippen LogP contribution < -0.4 is 21.3 Å². The molecule has 0 saturated heterocycles. The number of anilines is 3. The number of amides is 1. The summed E-state index contributed by atoms with van der Waals surface area (Å²) >= 11 is 0. The largest absolute Gasteiger partial charge is 0.368 e. The second-order valence-electron chi connectivity index (χ2n) is 3.52. The van der Waals surface area contributed by atoms with E-state index in [0.29, 0.717) is 17.8 Å². The summed E-state index contributed by atoms with van der Waals surface area (Å²) in [6, 6.07) is 0. The van der Waals surface area contributed by atoms with Gasteiger partial charge in [0.25, 0.3) is 0 Å². The number of hydrogen-bond acceptors (Lipinski definition) is 7. The number of nitrogens with two attached hydrogens (primary N) is 1. The van der Waals surface area contributed by atoms with Gasteiger partial charge < -0.3 is 21.3 Å². The smallest absolute Gasteiger partial charge is 0.236 e. The van der Waals surface area contributed by atoms with Crippen molar-refractivity contribution in [1.29, 1.82) is 0 Å². The number of nitrogens with zero attached hydrogens (tertiary/aromatic N) is 4. The van der Waals surface area contributed by atoms with Gasteiger partial charge in [-0.15, -0.1) is 0 Å². The number of carbonyl (C=O) groups excluding carboxylic acids is 1. The molecule has 0 aliphatic heterocycles. The molecule has 0 saturated carbocycles. The number of rotatable bonds is 7. The van der Waals surface area contributed by atoms with Crippen LogP contribution in [0.4, 0.5) is 17.8 Å². The van der Waals surface area contributed by atoms with Crippen LogP contribution in [-0.2, 0) is 4.79 Å². The van der Waals surface area contributed by atoms with E-state index in [4.69, 9.17) is 5.73 Å². The van der Waals surface area contributed by atoms with Gasteiger partial charge in [0.1, 0.15) is 0 Å². The number of nitrogens with one attached hydrogen (secondary N) is 2. The van der Waals surface area contributed by atoms with Gasteiger partial charge in [-0.25, -0.2) is 0 Å². The molecular weight excluding hydrogens is 234 g/mol. The zero-order valence-electron chi connectivity index (χ0n) is 10.9. The molecule has 0 unspecified atom stereocenters. The molecule has 1 amide bonds. The fourth-order valence-corrected chi connectivity index (χ4v) is 1.37. The van der Waals surface area contributed by atoms with E-state index in [1.807, 2.05) is 18.7 Å². The second kappa shape index (κ2) is 6.58. The average Bonchev–Trinajstić information content (AvgIpc) is 2.37. The third-order valence-corrected chi connectivity index (χ3v) is 2.31. The molecule has 1 heterocycles. The monoisotopic (exact) mass is 253 g/mol. The van der Waals surface area contributed by atoms with Crippen molar-refractivity contribution in [2.45, 2.75) is 13.8 Å². The molecule has 8 heteroatoms. The van der Waals surface area contributed by atoms with E-state index >= 15 is 0 Å². The van der Waals surface area contributed by atoms with Gasteiger partial charge in [0, 0.05) is 20.1 Å². The van der Waals surface area contributed by atoms with E-state index in [2.05, 4.69) is 25.6 Å². The molecule has 0 spiro atoms. The van der Waals surface area contributed by atoms with Crippen LogP contribution in [0.25, 0.3) is 0 Å². The van der Waals surface area contributed by atoms with E-state index in [0.717, 1.165) is 13.1 Å². The van der Waals surface area contributed by atoms with Gasteiger partial charge >= 0.3 is 0 Å². The van der Waals surface area contributed by atoms with Crippen LogP contribution in [0.5, 0.6) is 0 Å². The first-order chi connectivity index (χ1) is 8.60. The van der Waals surface area contributed by atoms with Crippen molar-refractivity contribution in [1.82, 2.24) is 15.0 Å². The van der Waals surface area contributed by atoms with Crippen molar-refractivity contribution in [2.24, 2.45) is 5.73 Å². The van der Waals surface area contributed by atoms with Gasteiger partial charge in [-0.1, -0.05) is 0 Å². The standard InChI is InChI=1S/C10H19N7O/c1-4-17(5-2)10-15-8(12-3)14-9(16-10)13-6-7(11)18/h4-6H2,1-3H3,(H2,11,18)(H2,12,13,14,15,16). The molecule has 1 aromatic rings. The highest BCUT2D eigenvalue weighted by Crippen LogP contribution is 2.12. The summed E-state index contributed by atoms with van der Waals surface area (Å²) in [4.78, 5) is 25.3. The zero-order valence-corrected chi connectivity index (χ0v) is 10.9. The lowest BCUT2D eigenvalue weighted by Gasteiger charge is -2.19. The molecule has 18 heavy (non-hydrogen) atoms. The molecule has 1 aromatic heterocycles. The van der Waals surface area contributed by atoms with Crippen LogP contribution in [0.15, 0.2) is 0 Å². The quantitative estimate of drug-likeness (QED) is 0.609. The average molecular weight is 253 g/mol. The highest BCUT2D eigenvalue weighted by atomic mass is 16.1. The molecule has 8 nitrogen and oxygen atoms in total. The molecule has 0 radical (unpaired) electrons. The van der Waals surface area contributed by atoms with Crippen molar-refractivity contribution in [3.63, 3.8) is 0 Å². The van der Waals surface area contributed by atoms with Gasteiger partial charge in [0.2, 0.25) is 23.8 Å². The van der Waals surface area contributed by atoms with Crippen LogP contribution >= 0.6 is 0 Å². The fourth-order valence-electron chi connectivity index (χ4n) is 1.37. The highest BCUT2D eigenvalue weighted by Gasteiger charge is 2.10. The Hall–Kier alpha value is -2.12. The molecule has 0 fully saturated rings. The van der Waals surface area contributed by atoms with E-state index in [1.165, 1.54) is 0 Å². The minimum absolute atomic E-state index is 0.00907. The third kappa shape index (κ3) is 3.72. The predicted molar refractivity (Wildman–Crippen MR) is 70.6 cm³/mol. The minimum Gasteiger partial charge on any atom is -0.368 e. The number of carbonyl (C=O) groups is 1. The molecule has 1 rings (SSSR count). The van der Waals surface area contributed by atoms with Crippen molar-refractivity contribution in [3.8, 4) is 0 Å². The minimum atomic E-state index is -0.467. The van der Waals surface area contributed by atoms with Gasteiger partial charge in [-0.05, 0) is 13.8 Å². The van der Waals surface area contributed by atoms with Crippen LogP contribution in [0, 0.1) is 0 Å². The Bertz CT molecular complexity index is 405. The van der Waals surface area contributed by atoms with Crippen LogP contribution in [0.3, 0.4) is 0 Å². The Kier molecular flexibility index (Phi) is 5.09. The van der Waals surface area contributed by atoms with Gasteiger partial charge in [-0.3, -0.25) is 4.79 Å². The lowest BCUT2D eigenvalue weighted by atomic mass is 10.5. The molecule has 100 valence electrons. The molecule has 0 aromatic carbocycles. The maximum Gasteiger partial charge on any atom is 0.236 e. The molecule has 0 aliphatic carbocycles. The van der Waals surface area contributed by atoms with Gasteiger partial charge in [-0.2, -0.15) is 15.0 Å². The van der Waals surface area contributed by atoms with Gasteiger partial charge in [0.05, 0.1) is 6.54 Å². The second-order valence-corrected chi connectivity index (χ2v) is 3.52. The molecule has 0 bridgehead atoms. The van der Waals surface area contributed by atoms with E-state index in [-0.39, 0.29) is 6.54 Å². The predicted octanol–water partition coefficient (Wildman–Crippen LogP) is -0.343.